The van der Waals surface area contributed by atoms with Gasteiger partial charge in [0.05, 0.1) is 0 Å². The van der Waals surface area contributed by atoms with Crippen LogP contribution in [0.15, 0.2) is 170 Å². The van der Waals surface area contributed by atoms with Gasteiger partial charge in [-0.1, -0.05) is 429 Å². The first kappa shape index (κ1) is 80.5. The Hall–Kier alpha value is -4.46. The van der Waals surface area contributed by atoms with E-state index in [1.807, 2.05) is 0 Å². The summed E-state index contributed by atoms with van der Waals surface area (Å²) in [5, 5.41) is 2.99. The summed E-state index contributed by atoms with van der Waals surface area (Å²) in [5.41, 5.74) is 11.8. The minimum atomic E-state index is -1.46. The van der Waals surface area contributed by atoms with Gasteiger partial charge in [-0.15, -0.1) is 0 Å². The standard InChI is InChI=1S/C15H14.C15H16.C14H16Si.C9H18.C8H16.C7H14.C7H16.C5H12.2C3H8/c1-15(2)13-9-5-3-7-11(13)12-8-4-6-10-14(12)15;2*1-15(2,13-9-5-3-6-10-13)14-11-7-4-8-12-14;1-9(2)7-5-3-4-6-8-9;1-8(2)6-4-3-5-7-8;1-7(2)5-3-4-6-7;1-5-7(3,4)6-2;1-5(2,3)4;2*1-3-2/h3-10H,1-2H3;2*3-12H,1-2H3;3-8H2,1-2H3;3-7H2,1-2H3;3-6H2,1-2H3;5-6H2,1-4H3;1-4H3;2*3H2,1-2H3. The van der Waals surface area contributed by atoms with Crippen molar-refractivity contribution >= 4 is 18.4 Å². The number of hydrogen-bond donors (Lipinski definition) is 0. The molecular formula is C86H138Si. The molecule has 3 saturated carbocycles. The van der Waals surface area contributed by atoms with E-state index in [0.717, 1.165) is 0 Å². The number of hydrogen-bond acceptors (Lipinski definition) is 0. The molecule has 6 aromatic rings. The van der Waals surface area contributed by atoms with Crippen LogP contribution >= 0.6 is 0 Å². The topological polar surface area (TPSA) is 0 Å². The Kier molecular flexibility index (Phi) is 37.3. The van der Waals surface area contributed by atoms with Crippen molar-refractivity contribution in [1.82, 2.24) is 0 Å². The highest BCUT2D eigenvalue weighted by molar-refractivity contribution is 7.00. The summed E-state index contributed by atoms with van der Waals surface area (Å²) in [4.78, 5) is 0. The van der Waals surface area contributed by atoms with Crippen LogP contribution in [0.2, 0.25) is 13.1 Å². The minimum Gasteiger partial charge on any atom is -0.0656 e. The molecule has 4 aliphatic carbocycles. The quantitative estimate of drug-likeness (QED) is 0.115. The summed E-state index contributed by atoms with van der Waals surface area (Å²) in [6.07, 6.45) is 27.0. The van der Waals surface area contributed by atoms with Gasteiger partial charge in [0, 0.05) is 10.8 Å². The fraction of sp³-hybridized carbons (Fsp3) is 0.581. The van der Waals surface area contributed by atoms with Gasteiger partial charge < -0.3 is 0 Å². The lowest BCUT2D eigenvalue weighted by molar-refractivity contribution is 0.244. The fourth-order valence-corrected chi connectivity index (χ4v) is 13.6. The molecule has 0 spiro atoms. The van der Waals surface area contributed by atoms with E-state index in [0.29, 0.717) is 27.1 Å². The molecule has 0 nitrogen and oxygen atoms in total. The molecule has 0 heterocycles. The highest BCUT2D eigenvalue weighted by atomic mass is 28.3. The van der Waals surface area contributed by atoms with Crippen LogP contribution in [-0.4, -0.2) is 8.07 Å². The van der Waals surface area contributed by atoms with Gasteiger partial charge in [-0.05, 0) is 99.0 Å². The average molecular weight is 1200 g/mol. The van der Waals surface area contributed by atoms with E-state index in [2.05, 4.69) is 335 Å². The van der Waals surface area contributed by atoms with E-state index in [9.17, 15) is 0 Å². The van der Waals surface area contributed by atoms with Crippen molar-refractivity contribution in [3.8, 4) is 11.1 Å². The second kappa shape index (κ2) is 40.3. The molecule has 0 aliphatic heterocycles. The summed E-state index contributed by atoms with van der Waals surface area (Å²) in [5.74, 6) is 0. The van der Waals surface area contributed by atoms with Crippen LogP contribution in [0.25, 0.3) is 11.1 Å². The maximum absolute atomic E-state index is 2.40. The van der Waals surface area contributed by atoms with Crippen LogP contribution in [0, 0.1) is 27.1 Å². The molecule has 0 N–H and O–H groups in total. The Balaban J connectivity index is 0.000000503. The van der Waals surface area contributed by atoms with Gasteiger partial charge in [-0.3, -0.25) is 0 Å². The maximum atomic E-state index is 2.40. The average Bonchev–Trinajstić information content (AvgIpc) is 1.68. The van der Waals surface area contributed by atoms with E-state index in [-0.39, 0.29) is 10.8 Å². The van der Waals surface area contributed by atoms with Crippen LogP contribution in [0.1, 0.15) is 297 Å². The molecule has 3 fully saturated rings. The van der Waals surface area contributed by atoms with E-state index in [4.69, 9.17) is 0 Å². The van der Waals surface area contributed by atoms with Crippen LogP contribution in [0.4, 0.5) is 0 Å². The summed E-state index contributed by atoms with van der Waals surface area (Å²) in [6, 6.07) is 60.4. The molecule has 4 aliphatic rings. The Morgan fingerprint density at radius 3 is 0.782 bits per heavy atom. The normalized spacial score (nSPS) is 16.4. The van der Waals surface area contributed by atoms with Crippen molar-refractivity contribution in [3.63, 3.8) is 0 Å². The first-order chi connectivity index (χ1) is 40.7. The Morgan fingerprint density at radius 2 is 0.540 bits per heavy atom. The number of fused-ring (bicyclic) bond motifs is 3. The summed E-state index contributed by atoms with van der Waals surface area (Å²) < 4.78 is 0. The Morgan fingerprint density at radius 1 is 0.322 bits per heavy atom. The molecule has 0 bridgehead atoms. The largest absolute Gasteiger partial charge is 0.112 e. The first-order valence-corrected chi connectivity index (χ1v) is 38.1. The smallest absolute Gasteiger partial charge is 0.0656 e. The third-order valence-corrected chi connectivity index (χ3v) is 21.6. The van der Waals surface area contributed by atoms with Crippen LogP contribution in [-0.2, 0) is 10.8 Å². The van der Waals surface area contributed by atoms with Crippen molar-refractivity contribution in [1.29, 1.82) is 0 Å². The lowest BCUT2D eigenvalue weighted by Crippen LogP contribution is -2.52. The summed E-state index contributed by atoms with van der Waals surface area (Å²) in [6.45, 7) is 54.5. The Bertz CT molecular complexity index is 2360. The molecule has 0 radical (unpaired) electrons. The van der Waals surface area contributed by atoms with Crippen LogP contribution in [0.5, 0.6) is 0 Å². The Labute approximate surface area is 543 Å². The highest BCUT2D eigenvalue weighted by Crippen LogP contribution is 2.48. The molecule has 0 aromatic heterocycles. The molecule has 486 valence electrons. The van der Waals surface area contributed by atoms with Crippen molar-refractivity contribution in [3.05, 3.63) is 192 Å². The van der Waals surface area contributed by atoms with Gasteiger partial charge in [0.15, 0.2) is 0 Å². The summed E-state index contributed by atoms with van der Waals surface area (Å²) in [7, 11) is -1.46. The van der Waals surface area contributed by atoms with Crippen molar-refractivity contribution in [2.24, 2.45) is 27.1 Å². The summed E-state index contributed by atoms with van der Waals surface area (Å²) >= 11 is 0. The van der Waals surface area contributed by atoms with Crippen LogP contribution < -0.4 is 10.4 Å². The van der Waals surface area contributed by atoms with Crippen LogP contribution in [0.3, 0.4) is 0 Å². The van der Waals surface area contributed by atoms with E-state index < -0.39 is 8.07 Å². The van der Waals surface area contributed by atoms with Gasteiger partial charge in [0.25, 0.3) is 0 Å². The van der Waals surface area contributed by atoms with Crippen molar-refractivity contribution in [2.45, 2.75) is 298 Å². The van der Waals surface area contributed by atoms with E-state index >= 15 is 0 Å². The molecular weight excluding hydrogens is 1060 g/mol. The van der Waals surface area contributed by atoms with Crippen molar-refractivity contribution < 1.29 is 0 Å². The zero-order chi connectivity index (χ0) is 65.9. The number of rotatable bonds is 6. The molecule has 10 rings (SSSR count). The monoisotopic (exact) mass is 1200 g/mol. The molecule has 0 saturated heterocycles. The van der Waals surface area contributed by atoms with Gasteiger partial charge in [0.2, 0.25) is 0 Å². The third kappa shape index (κ3) is 32.7. The first-order valence-electron chi connectivity index (χ1n) is 35.1. The maximum Gasteiger partial charge on any atom is 0.112 e. The van der Waals surface area contributed by atoms with E-state index in [1.54, 1.807) is 0 Å². The third-order valence-electron chi connectivity index (χ3n) is 18.0. The van der Waals surface area contributed by atoms with E-state index in [1.165, 1.54) is 166 Å². The molecule has 0 amide bonds. The van der Waals surface area contributed by atoms with Crippen molar-refractivity contribution in [2.75, 3.05) is 0 Å². The lowest BCUT2D eigenvalue weighted by Gasteiger charge is -2.28. The predicted molar refractivity (Wildman–Crippen MR) is 401 cm³/mol. The van der Waals surface area contributed by atoms with Gasteiger partial charge >= 0.3 is 0 Å². The SMILES string of the molecule is CC(C)(C)C.CC(C)(c1ccccc1)c1ccccc1.CC1(C)CCCC1.CC1(C)CCCCC1.CC1(C)CCCCCC1.CC1(C)c2ccccc2-c2ccccc21.CCC.CCC.CCC(C)(C)CC.C[Si](C)(c1ccccc1)c1ccccc1. The van der Waals surface area contributed by atoms with Gasteiger partial charge in [0.1, 0.15) is 8.07 Å². The molecule has 6 aromatic carbocycles. The minimum absolute atomic E-state index is 0.0858. The number of benzene rings is 6. The lowest BCUT2D eigenvalue weighted by atomic mass is 9.78. The molecule has 0 unspecified atom stereocenters. The van der Waals surface area contributed by atoms with Gasteiger partial charge in [-0.25, -0.2) is 0 Å². The zero-order valence-electron chi connectivity index (χ0n) is 61.6. The zero-order valence-corrected chi connectivity index (χ0v) is 62.6. The second-order valence-electron chi connectivity index (χ2n) is 31.9. The molecule has 1 heteroatoms. The highest BCUT2D eigenvalue weighted by Gasteiger charge is 2.34. The fourth-order valence-electron chi connectivity index (χ4n) is 11.2. The van der Waals surface area contributed by atoms with Gasteiger partial charge in [-0.2, -0.15) is 0 Å². The predicted octanol–water partition coefficient (Wildman–Crippen LogP) is 27.2. The second-order valence-corrected chi connectivity index (χ2v) is 36.3. The molecule has 87 heavy (non-hydrogen) atoms. The molecule has 0 atom stereocenters.